The van der Waals surface area contributed by atoms with Gasteiger partial charge in [-0.05, 0) is 38.8 Å². The van der Waals surface area contributed by atoms with E-state index in [9.17, 15) is 4.79 Å². The summed E-state index contributed by atoms with van der Waals surface area (Å²) in [7, 11) is 0. The molecule has 1 heterocycles. The van der Waals surface area contributed by atoms with Crippen LogP contribution >= 0.6 is 0 Å². The molecule has 0 bridgehead atoms. The summed E-state index contributed by atoms with van der Waals surface area (Å²) < 4.78 is 1.82. The number of rotatable bonds is 6. The van der Waals surface area contributed by atoms with Crippen molar-refractivity contribution in [2.75, 3.05) is 11.9 Å². The second-order valence-corrected chi connectivity index (χ2v) is 5.51. The number of benzene rings is 1. The third-order valence-corrected chi connectivity index (χ3v) is 3.84. The Morgan fingerprint density at radius 2 is 2.00 bits per heavy atom. The van der Waals surface area contributed by atoms with Gasteiger partial charge in [0.05, 0.1) is 22.8 Å². The Balaban J connectivity index is 2.15. The maximum Gasteiger partial charge on any atom is 0.319 e. The summed E-state index contributed by atoms with van der Waals surface area (Å²) in [6, 6.07) is 9.48. The van der Waals surface area contributed by atoms with Crippen molar-refractivity contribution in [1.82, 2.24) is 15.1 Å². The number of nitrogens with one attached hydrogen (secondary N) is 2. The van der Waals surface area contributed by atoms with E-state index in [-0.39, 0.29) is 18.7 Å². The van der Waals surface area contributed by atoms with Gasteiger partial charge in [-0.1, -0.05) is 25.1 Å². The number of para-hydroxylation sites is 1. The van der Waals surface area contributed by atoms with Crippen LogP contribution in [0.5, 0.6) is 0 Å². The molecule has 1 atom stereocenters. The highest BCUT2D eigenvalue weighted by atomic mass is 16.3. The normalized spacial score (nSPS) is 12.0. The Morgan fingerprint density at radius 3 is 2.61 bits per heavy atom. The van der Waals surface area contributed by atoms with Crippen molar-refractivity contribution in [3.63, 3.8) is 0 Å². The molecule has 2 amide bonds. The fraction of sp³-hybridized carbons (Fsp3) is 0.412. The molecule has 1 aromatic carbocycles. The quantitative estimate of drug-likeness (QED) is 0.766. The van der Waals surface area contributed by atoms with Crippen molar-refractivity contribution in [3.8, 4) is 5.69 Å². The van der Waals surface area contributed by atoms with Crippen molar-refractivity contribution < 1.29 is 9.90 Å². The minimum atomic E-state index is -0.274. The zero-order valence-corrected chi connectivity index (χ0v) is 13.8. The number of aromatic nitrogens is 2. The Hall–Kier alpha value is -2.34. The molecule has 6 heteroatoms. The van der Waals surface area contributed by atoms with E-state index in [0.29, 0.717) is 12.1 Å². The molecule has 0 saturated carbocycles. The molecule has 0 saturated heterocycles. The molecule has 0 spiro atoms. The Labute approximate surface area is 136 Å². The largest absolute Gasteiger partial charge is 0.396 e. The predicted molar refractivity (Wildman–Crippen MR) is 91.0 cm³/mol. The molecule has 0 radical (unpaired) electrons. The molecule has 0 aliphatic heterocycles. The van der Waals surface area contributed by atoms with Gasteiger partial charge in [0, 0.05) is 12.6 Å². The average Bonchev–Trinajstić information content (AvgIpc) is 2.83. The molecule has 0 fully saturated rings. The van der Waals surface area contributed by atoms with Gasteiger partial charge in [-0.25, -0.2) is 9.48 Å². The van der Waals surface area contributed by atoms with Crippen molar-refractivity contribution in [3.05, 3.63) is 41.7 Å². The highest BCUT2D eigenvalue weighted by Gasteiger charge is 2.16. The van der Waals surface area contributed by atoms with E-state index >= 15 is 0 Å². The number of aryl methyl sites for hydroxylation is 1. The Bertz CT molecular complexity index is 652. The van der Waals surface area contributed by atoms with Gasteiger partial charge in [0.2, 0.25) is 0 Å². The summed E-state index contributed by atoms with van der Waals surface area (Å²) in [6.07, 6.45) is 1.32. The number of hydrogen-bond acceptors (Lipinski definition) is 3. The third kappa shape index (κ3) is 4.10. The summed E-state index contributed by atoms with van der Waals surface area (Å²) >= 11 is 0. The SMILES string of the molecule is CCC(CCO)NC(=O)Nc1c(C)nn(-c2ccccc2)c1C. The van der Waals surface area contributed by atoms with Gasteiger partial charge in [0.15, 0.2) is 0 Å². The first-order chi connectivity index (χ1) is 11.1. The van der Waals surface area contributed by atoms with E-state index in [1.54, 1.807) is 0 Å². The summed E-state index contributed by atoms with van der Waals surface area (Å²) in [5.41, 5.74) is 3.30. The van der Waals surface area contributed by atoms with Gasteiger partial charge in [0.1, 0.15) is 0 Å². The molecule has 2 aromatic rings. The van der Waals surface area contributed by atoms with Gasteiger partial charge >= 0.3 is 6.03 Å². The minimum Gasteiger partial charge on any atom is -0.396 e. The van der Waals surface area contributed by atoms with E-state index in [4.69, 9.17) is 5.11 Å². The van der Waals surface area contributed by atoms with Crippen LogP contribution in [0.1, 0.15) is 31.2 Å². The van der Waals surface area contributed by atoms with Gasteiger partial charge < -0.3 is 15.7 Å². The summed E-state index contributed by atoms with van der Waals surface area (Å²) in [6.45, 7) is 5.83. The summed E-state index contributed by atoms with van der Waals surface area (Å²) in [5.74, 6) is 0. The maximum atomic E-state index is 12.2. The molecule has 0 aliphatic rings. The average molecular weight is 316 g/mol. The monoisotopic (exact) mass is 316 g/mol. The molecule has 2 rings (SSSR count). The van der Waals surface area contributed by atoms with Crippen molar-refractivity contribution >= 4 is 11.7 Å². The number of aliphatic hydroxyl groups excluding tert-OH is 1. The zero-order valence-electron chi connectivity index (χ0n) is 13.8. The molecule has 1 aromatic heterocycles. The number of anilines is 1. The summed E-state index contributed by atoms with van der Waals surface area (Å²) in [4.78, 5) is 12.2. The van der Waals surface area contributed by atoms with E-state index in [2.05, 4.69) is 15.7 Å². The number of aliphatic hydroxyl groups is 1. The van der Waals surface area contributed by atoms with E-state index < -0.39 is 0 Å². The number of amides is 2. The van der Waals surface area contributed by atoms with Crippen molar-refractivity contribution in [2.45, 2.75) is 39.7 Å². The lowest BCUT2D eigenvalue weighted by Gasteiger charge is -2.16. The molecule has 6 nitrogen and oxygen atoms in total. The predicted octanol–water partition coefficient (Wildman–Crippen LogP) is 2.77. The van der Waals surface area contributed by atoms with Crippen LogP contribution in [0, 0.1) is 13.8 Å². The molecule has 3 N–H and O–H groups in total. The first kappa shape index (κ1) is 17.0. The highest BCUT2D eigenvalue weighted by molar-refractivity contribution is 5.90. The van der Waals surface area contributed by atoms with Crippen LogP contribution in [0.25, 0.3) is 5.69 Å². The van der Waals surface area contributed by atoms with Gasteiger partial charge in [-0.3, -0.25) is 0 Å². The zero-order chi connectivity index (χ0) is 16.8. The van der Waals surface area contributed by atoms with Gasteiger partial charge in [0.25, 0.3) is 0 Å². The van der Waals surface area contributed by atoms with Crippen LogP contribution in [0.15, 0.2) is 30.3 Å². The number of carbonyl (C=O) groups is 1. The van der Waals surface area contributed by atoms with Crippen molar-refractivity contribution in [2.24, 2.45) is 0 Å². The lowest BCUT2D eigenvalue weighted by molar-refractivity contribution is 0.237. The van der Waals surface area contributed by atoms with Gasteiger partial charge in [-0.2, -0.15) is 5.10 Å². The van der Waals surface area contributed by atoms with Crippen LogP contribution in [0.2, 0.25) is 0 Å². The van der Waals surface area contributed by atoms with E-state index in [1.165, 1.54) is 0 Å². The smallest absolute Gasteiger partial charge is 0.319 e. The third-order valence-electron chi connectivity index (χ3n) is 3.84. The fourth-order valence-electron chi connectivity index (χ4n) is 2.51. The molecule has 124 valence electrons. The lowest BCUT2D eigenvalue weighted by atomic mass is 10.2. The van der Waals surface area contributed by atoms with Crippen LogP contribution < -0.4 is 10.6 Å². The lowest BCUT2D eigenvalue weighted by Crippen LogP contribution is -2.38. The standard InChI is InChI=1S/C17H24N4O2/c1-4-14(10-11-22)18-17(23)19-16-12(2)20-21(13(16)3)15-8-6-5-7-9-15/h5-9,14,22H,4,10-11H2,1-3H3,(H2,18,19,23). The maximum absolute atomic E-state index is 12.2. The second-order valence-electron chi connectivity index (χ2n) is 5.51. The highest BCUT2D eigenvalue weighted by Crippen LogP contribution is 2.22. The molecule has 23 heavy (non-hydrogen) atoms. The number of carbonyl (C=O) groups excluding carboxylic acids is 1. The first-order valence-electron chi connectivity index (χ1n) is 7.86. The Kier molecular flexibility index (Phi) is 5.76. The molecular weight excluding hydrogens is 292 g/mol. The molecular formula is C17H24N4O2. The van der Waals surface area contributed by atoms with Crippen LogP contribution in [0.4, 0.5) is 10.5 Å². The Morgan fingerprint density at radius 1 is 1.30 bits per heavy atom. The first-order valence-corrected chi connectivity index (χ1v) is 7.86. The fourth-order valence-corrected chi connectivity index (χ4v) is 2.51. The van der Waals surface area contributed by atoms with Crippen LogP contribution in [-0.4, -0.2) is 33.6 Å². The van der Waals surface area contributed by atoms with Crippen molar-refractivity contribution in [1.29, 1.82) is 0 Å². The topological polar surface area (TPSA) is 79.2 Å². The van der Waals surface area contributed by atoms with Gasteiger partial charge in [-0.15, -0.1) is 0 Å². The van der Waals surface area contributed by atoms with Crippen LogP contribution in [0.3, 0.4) is 0 Å². The van der Waals surface area contributed by atoms with Crippen LogP contribution in [-0.2, 0) is 0 Å². The molecule has 1 unspecified atom stereocenters. The minimum absolute atomic E-state index is 0.0372. The summed E-state index contributed by atoms with van der Waals surface area (Å²) in [5, 5.41) is 19.3. The molecule has 0 aliphatic carbocycles. The van der Waals surface area contributed by atoms with E-state index in [1.807, 2.05) is 55.8 Å². The second kappa shape index (κ2) is 7.78. The number of urea groups is 1. The number of hydrogen-bond donors (Lipinski definition) is 3. The number of nitrogens with zero attached hydrogens (tertiary/aromatic N) is 2. The van der Waals surface area contributed by atoms with E-state index in [0.717, 1.165) is 23.5 Å².